The molecule has 6 nitrogen and oxygen atoms in total. The van der Waals surface area contributed by atoms with Crippen LogP contribution in [0.25, 0.3) is 5.76 Å². The third-order valence-corrected chi connectivity index (χ3v) is 5.69. The van der Waals surface area contributed by atoms with Gasteiger partial charge in [-0.2, -0.15) is 0 Å². The molecule has 1 aromatic heterocycles. The molecule has 1 aliphatic rings. The number of hydrogen-bond donors (Lipinski definition) is 1. The molecule has 0 radical (unpaired) electrons. The van der Waals surface area contributed by atoms with Crippen LogP contribution in [0.5, 0.6) is 5.75 Å². The number of halogens is 2. The summed E-state index contributed by atoms with van der Waals surface area (Å²) >= 11 is 12.1. The quantitative estimate of drug-likeness (QED) is 0.340. The largest absolute Gasteiger partial charge is 0.507 e. The van der Waals surface area contributed by atoms with Crippen LogP contribution < -0.4 is 9.64 Å². The number of aromatic nitrogens is 1. The highest BCUT2D eigenvalue weighted by Crippen LogP contribution is 2.44. The van der Waals surface area contributed by atoms with Gasteiger partial charge in [-0.3, -0.25) is 19.5 Å². The van der Waals surface area contributed by atoms with Crippen molar-refractivity contribution in [1.82, 2.24) is 4.98 Å². The Morgan fingerprint density at radius 3 is 2.45 bits per heavy atom. The summed E-state index contributed by atoms with van der Waals surface area (Å²) in [6, 6.07) is 15.5. The SMILES string of the molecule is COc1ccccc1N1C(=O)C(=O)/C(=C(\O)c2ccc(Cl)c(Cl)c2)C1c1ccccn1. The Kier molecular flexibility index (Phi) is 5.67. The van der Waals surface area contributed by atoms with Crippen LogP contribution in [0, 0.1) is 0 Å². The van der Waals surface area contributed by atoms with Gasteiger partial charge < -0.3 is 9.84 Å². The second kappa shape index (κ2) is 8.41. The van der Waals surface area contributed by atoms with Crippen LogP contribution in [0.4, 0.5) is 5.69 Å². The summed E-state index contributed by atoms with van der Waals surface area (Å²) < 4.78 is 5.40. The molecule has 0 aliphatic carbocycles. The van der Waals surface area contributed by atoms with Crippen molar-refractivity contribution >= 4 is 46.3 Å². The Morgan fingerprint density at radius 1 is 1.03 bits per heavy atom. The number of rotatable bonds is 4. The van der Waals surface area contributed by atoms with Crippen LogP contribution >= 0.6 is 23.2 Å². The number of anilines is 1. The van der Waals surface area contributed by atoms with Crippen molar-refractivity contribution in [3.05, 3.63) is 93.7 Å². The molecule has 1 N–H and O–H groups in total. The highest BCUT2D eigenvalue weighted by Gasteiger charge is 2.48. The number of nitrogens with zero attached hydrogens (tertiary/aromatic N) is 2. The summed E-state index contributed by atoms with van der Waals surface area (Å²) in [4.78, 5) is 31.9. The van der Waals surface area contributed by atoms with Gasteiger partial charge in [0, 0.05) is 11.8 Å². The van der Waals surface area contributed by atoms with Gasteiger partial charge in [0.25, 0.3) is 11.7 Å². The Bertz CT molecular complexity index is 1210. The second-order valence-corrected chi connectivity index (χ2v) is 7.54. The molecule has 4 rings (SSSR count). The van der Waals surface area contributed by atoms with Crippen LogP contribution in [-0.4, -0.2) is 28.9 Å². The van der Waals surface area contributed by atoms with E-state index in [4.69, 9.17) is 27.9 Å². The number of hydrogen-bond acceptors (Lipinski definition) is 5. The minimum absolute atomic E-state index is 0.104. The first-order valence-electron chi connectivity index (χ1n) is 9.24. The lowest BCUT2D eigenvalue weighted by atomic mass is 9.98. The van der Waals surface area contributed by atoms with Crippen molar-refractivity contribution in [2.24, 2.45) is 0 Å². The first-order valence-corrected chi connectivity index (χ1v) is 10.00. The van der Waals surface area contributed by atoms with Crippen LogP contribution in [0.3, 0.4) is 0 Å². The van der Waals surface area contributed by atoms with E-state index in [1.165, 1.54) is 30.2 Å². The van der Waals surface area contributed by atoms with Gasteiger partial charge in [0.1, 0.15) is 17.6 Å². The predicted molar refractivity (Wildman–Crippen MR) is 118 cm³/mol. The number of Topliss-reactive ketones (excluding diaryl/α,β-unsaturated/α-hetero) is 1. The van der Waals surface area contributed by atoms with Gasteiger partial charge in [0.05, 0.1) is 34.1 Å². The van der Waals surface area contributed by atoms with Crippen molar-refractivity contribution in [2.45, 2.75) is 6.04 Å². The van der Waals surface area contributed by atoms with Crippen molar-refractivity contribution in [3.63, 3.8) is 0 Å². The third kappa shape index (κ3) is 3.65. The van der Waals surface area contributed by atoms with E-state index in [1.54, 1.807) is 48.7 Å². The van der Waals surface area contributed by atoms with Gasteiger partial charge in [-0.25, -0.2) is 0 Å². The number of methoxy groups -OCH3 is 1. The van der Waals surface area contributed by atoms with Gasteiger partial charge in [0.15, 0.2) is 0 Å². The first kappa shape index (κ1) is 20.9. The fourth-order valence-electron chi connectivity index (χ4n) is 3.53. The van der Waals surface area contributed by atoms with E-state index >= 15 is 0 Å². The number of ketones is 1. The number of para-hydroxylation sites is 2. The molecule has 0 spiro atoms. The highest BCUT2D eigenvalue weighted by molar-refractivity contribution is 6.52. The van der Waals surface area contributed by atoms with Crippen molar-refractivity contribution in [3.8, 4) is 5.75 Å². The molecule has 1 fully saturated rings. The van der Waals surface area contributed by atoms with E-state index in [1.807, 2.05) is 0 Å². The van der Waals surface area contributed by atoms with E-state index in [0.717, 1.165) is 0 Å². The number of benzene rings is 2. The van der Waals surface area contributed by atoms with Crippen molar-refractivity contribution in [2.75, 3.05) is 12.0 Å². The fraction of sp³-hybridized carbons (Fsp3) is 0.0870. The predicted octanol–water partition coefficient (Wildman–Crippen LogP) is 5.02. The van der Waals surface area contributed by atoms with Crippen LogP contribution in [0.1, 0.15) is 17.3 Å². The molecule has 8 heteroatoms. The molecule has 3 aromatic rings. The molecular formula is C23H16Cl2N2O4. The Labute approximate surface area is 188 Å². The molecular weight excluding hydrogens is 439 g/mol. The van der Waals surface area contributed by atoms with E-state index in [0.29, 0.717) is 22.2 Å². The summed E-state index contributed by atoms with van der Waals surface area (Å²) in [7, 11) is 1.47. The van der Waals surface area contributed by atoms with Crippen LogP contribution in [-0.2, 0) is 9.59 Å². The smallest absolute Gasteiger partial charge is 0.300 e. The summed E-state index contributed by atoms with van der Waals surface area (Å²) in [5.74, 6) is -1.61. The minimum Gasteiger partial charge on any atom is -0.507 e. The monoisotopic (exact) mass is 454 g/mol. The maximum Gasteiger partial charge on any atom is 0.300 e. The fourth-order valence-corrected chi connectivity index (χ4v) is 3.82. The molecule has 1 aliphatic heterocycles. The van der Waals surface area contributed by atoms with Crippen LogP contribution in [0.2, 0.25) is 10.0 Å². The number of pyridine rings is 1. The van der Waals surface area contributed by atoms with Gasteiger partial charge >= 0.3 is 0 Å². The minimum atomic E-state index is -0.966. The molecule has 2 aromatic carbocycles. The number of ether oxygens (including phenoxy) is 1. The lowest BCUT2D eigenvalue weighted by molar-refractivity contribution is -0.132. The van der Waals surface area contributed by atoms with E-state index < -0.39 is 17.7 Å². The van der Waals surface area contributed by atoms with Gasteiger partial charge in [-0.05, 0) is 42.5 Å². The first-order chi connectivity index (χ1) is 14.9. The Hall–Kier alpha value is -3.35. The van der Waals surface area contributed by atoms with Gasteiger partial charge in [0.2, 0.25) is 0 Å². The average Bonchev–Trinajstić information content (AvgIpc) is 3.06. The summed E-state index contributed by atoms with van der Waals surface area (Å²) in [6.07, 6.45) is 1.55. The maximum absolute atomic E-state index is 13.1. The summed E-state index contributed by atoms with van der Waals surface area (Å²) in [6.45, 7) is 0. The maximum atomic E-state index is 13.1. The molecule has 31 heavy (non-hydrogen) atoms. The number of carbonyl (C=O) groups is 2. The van der Waals surface area contributed by atoms with Crippen molar-refractivity contribution < 1.29 is 19.4 Å². The summed E-state index contributed by atoms with van der Waals surface area (Å²) in [5, 5.41) is 11.6. The Balaban J connectivity index is 1.97. The van der Waals surface area contributed by atoms with E-state index in [9.17, 15) is 14.7 Å². The molecule has 2 heterocycles. The number of aliphatic hydroxyl groups is 1. The molecule has 0 bridgehead atoms. The average molecular weight is 455 g/mol. The standard InChI is InChI=1S/C23H16Cl2N2O4/c1-31-18-8-3-2-7-17(18)27-20(16-6-4-5-11-26-16)19(22(29)23(27)30)21(28)13-9-10-14(24)15(25)12-13/h2-12,20,28H,1H3/b21-19-. The summed E-state index contributed by atoms with van der Waals surface area (Å²) in [5.41, 5.74) is 0.950. The Morgan fingerprint density at radius 2 is 1.77 bits per heavy atom. The number of aliphatic hydroxyl groups excluding tert-OH is 1. The van der Waals surface area contributed by atoms with E-state index in [-0.39, 0.29) is 21.9 Å². The van der Waals surface area contributed by atoms with Gasteiger partial charge in [-0.15, -0.1) is 0 Å². The normalized spacial score (nSPS) is 17.8. The topological polar surface area (TPSA) is 79.7 Å². The lowest BCUT2D eigenvalue weighted by Crippen LogP contribution is -2.30. The molecule has 1 unspecified atom stereocenters. The number of amides is 1. The zero-order valence-corrected chi connectivity index (χ0v) is 17.8. The second-order valence-electron chi connectivity index (χ2n) is 6.72. The molecule has 156 valence electrons. The number of carbonyl (C=O) groups excluding carboxylic acids is 2. The molecule has 1 amide bonds. The third-order valence-electron chi connectivity index (χ3n) is 4.95. The lowest BCUT2D eigenvalue weighted by Gasteiger charge is -2.26. The van der Waals surface area contributed by atoms with Gasteiger partial charge in [-0.1, -0.05) is 41.4 Å². The molecule has 1 atom stereocenters. The zero-order chi connectivity index (χ0) is 22.1. The molecule has 1 saturated heterocycles. The van der Waals surface area contributed by atoms with E-state index in [2.05, 4.69) is 4.98 Å². The highest BCUT2D eigenvalue weighted by atomic mass is 35.5. The van der Waals surface area contributed by atoms with Crippen molar-refractivity contribution in [1.29, 1.82) is 0 Å². The van der Waals surface area contributed by atoms with Crippen LogP contribution in [0.15, 0.2) is 72.4 Å². The zero-order valence-electron chi connectivity index (χ0n) is 16.3. The molecule has 0 saturated carbocycles.